The summed E-state index contributed by atoms with van der Waals surface area (Å²) in [6.07, 6.45) is -3.13. The molecule has 6 heteroatoms. The van der Waals surface area contributed by atoms with Gasteiger partial charge in [-0.2, -0.15) is 0 Å². The van der Waals surface area contributed by atoms with E-state index >= 15 is 0 Å². The van der Waals surface area contributed by atoms with Gasteiger partial charge < -0.3 is 20.4 Å². The van der Waals surface area contributed by atoms with Crippen molar-refractivity contribution >= 4 is 23.5 Å². The Morgan fingerprint density at radius 2 is 1.44 bits per heavy atom. The van der Waals surface area contributed by atoms with Crippen LogP contribution in [0.25, 0.3) is 0 Å². The Bertz CT molecular complexity index is 165. The molecule has 0 saturated heterocycles. The molecule has 4 nitrogen and oxygen atoms in total. The Labute approximate surface area is 105 Å². The first-order chi connectivity index (χ1) is 7.56. The van der Waals surface area contributed by atoms with Crippen LogP contribution in [0.3, 0.4) is 0 Å². The van der Waals surface area contributed by atoms with Crippen LogP contribution in [-0.4, -0.2) is 61.4 Å². The molecule has 0 aromatic heterocycles. The SMILES string of the molecule is CCSC(CC(O)C(O)C(O)CO)SCC. The van der Waals surface area contributed by atoms with Gasteiger partial charge in [0.1, 0.15) is 12.2 Å². The van der Waals surface area contributed by atoms with Gasteiger partial charge in [0, 0.05) is 0 Å². The monoisotopic (exact) mass is 270 g/mol. The van der Waals surface area contributed by atoms with Gasteiger partial charge in [0.2, 0.25) is 0 Å². The molecule has 3 atom stereocenters. The minimum atomic E-state index is -1.28. The second-order valence-electron chi connectivity index (χ2n) is 3.38. The molecule has 16 heavy (non-hydrogen) atoms. The number of hydrogen-bond acceptors (Lipinski definition) is 6. The Kier molecular flexibility index (Phi) is 9.88. The van der Waals surface area contributed by atoms with Gasteiger partial charge in [0.05, 0.1) is 17.3 Å². The Hall–Kier alpha value is 0.540. The molecule has 0 amide bonds. The smallest absolute Gasteiger partial charge is 0.108 e. The Morgan fingerprint density at radius 1 is 0.938 bits per heavy atom. The van der Waals surface area contributed by atoms with Gasteiger partial charge >= 0.3 is 0 Å². The summed E-state index contributed by atoms with van der Waals surface area (Å²) in [5.41, 5.74) is 0. The van der Waals surface area contributed by atoms with Crippen molar-refractivity contribution in [1.29, 1.82) is 0 Å². The van der Waals surface area contributed by atoms with Gasteiger partial charge in [-0.15, -0.1) is 23.5 Å². The first-order valence-corrected chi connectivity index (χ1v) is 7.54. The lowest BCUT2D eigenvalue weighted by Gasteiger charge is -2.24. The van der Waals surface area contributed by atoms with Gasteiger partial charge in [0.15, 0.2) is 0 Å². The van der Waals surface area contributed by atoms with Crippen LogP contribution in [-0.2, 0) is 0 Å². The maximum Gasteiger partial charge on any atom is 0.108 e. The van der Waals surface area contributed by atoms with Crippen molar-refractivity contribution in [3.05, 3.63) is 0 Å². The third kappa shape index (κ3) is 6.32. The third-order valence-corrected chi connectivity index (χ3v) is 4.73. The standard InChI is InChI=1S/C10H22O4S2/c1-3-15-9(16-4-2)5-7(12)10(14)8(13)6-11/h7-14H,3-6H2,1-2H3. The summed E-state index contributed by atoms with van der Waals surface area (Å²) in [7, 11) is 0. The van der Waals surface area contributed by atoms with E-state index in [4.69, 9.17) is 5.11 Å². The third-order valence-electron chi connectivity index (χ3n) is 2.11. The number of hydrogen-bond donors (Lipinski definition) is 4. The zero-order valence-electron chi connectivity index (χ0n) is 9.74. The molecule has 0 aliphatic rings. The van der Waals surface area contributed by atoms with E-state index in [1.54, 1.807) is 23.5 Å². The Morgan fingerprint density at radius 3 is 1.81 bits per heavy atom. The molecule has 0 aliphatic carbocycles. The van der Waals surface area contributed by atoms with E-state index in [1.807, 2.05) is 13.8 Å². The van der Waals surface area contributed by atoms with Crippen molar-refractivity contribution in [3.8, 4) is 0 Å². The van der Waals surface area contributed by atoms with Gasteiger partial charge in [0.25, 0.3) is 0 Å². The normalized spacial score (nSPS) is 17.4. The minimum Gasteiger partial charge on any atom is -0.394 e. The largest absolute Gasteiger partial charge is 0.394 e. The second kappa shape index (κ2) is 9.56. The number of aliphatic hydroxyl groups excluding tert-OH is 4. The fraction of sp³-hybridized carbons (Fsp3) is 1.00. The van der Waals surface area contributed by atoms with Gasteiger partial charge in [-0.25, -0.2) is 0 Å². The number of thioether (sulfide) groups is 2. The van der Waals surface area contributed by atoms with Crippen LogP contribution in [0.4, 0.5) is 0 Å². The molecule has 98 valence electrons. The highest BCUT2D eigenvalue weighted by Gasteiger charge is 2.26. The van der Waals surface area contributed by atoms with Gasteiger partial charge in [-0.1, -0.05) is 13.8 Å². The van der Waals surface area contributed by atoms with Crippen molar-refractivity contribution in [3.63, 3.8) is 0 Å². The molecule has 3 unspecified atom stereocenters. The Balaban J connectivity index is 4.10. The van der Waals surface area contributed by atoms with Crippen LogP contribution in [0.2, 0.25) is 0 Å². The molecule has 0 heterocycles. The number of rotatable bonds is 9. The zero-order chi connectivity index (χ0) is 12.6. The molecular weight excluding hydrogens is 248 g/mol. The first kappa shape index (κ1) is 16.5. The molecule has 0 aliphatic heterocycles. The quantitative estimate of drug-likeness (QED) is 0.451. The summed E-state index contributed by atoms with van der Waals surface area (Å²) in [5, 5.41) is 37.0. The van der Waals surface area contributed by atoms with Crippen molar-refractivity contribution in [2.75, 3.05) is 18.1 Å². The van der Waals surface area contributed by atoms with Gasteiger partial charge in [-0.3, -0.25) is 0 Å². The maximum atomic E-state index is 9.70. The summed E-state index contributed by atoms with van der Waals surface area (Å²) in [6, 6.07) is 0. The summed E-state index contributed by atoms with van der Waals surface area (Å²) < 4.78 is 0.213. The molecule has 0 rings (SSSR count). The van der Waals surface area contributed by atoms with E-state index in [9.17, 15) is 15.3 Å². The highest BCUT2D eigenvalue weighted by Crippen LogP contribution is 2.28. The van der Waals surface area contributed by atoms with Crippen LogP contribution in [0.1, 0.15) is 20.3 Å². The minimum absolute atomic E-state index is 0.213. The van der Waals surface area contributed by atoms with E-state index in [2.05, 4.69) is 0 Å². The predicted octanol–water partition coefficient (Wildman–Crippen LogP) is 0.284. The molecule has 0 bridgehead atoms. The molecule has 0 fully saturated rings. The number of aliphatic hydroxyl groups is 4. The molecule has 0 aromatic carbocycles. The topological polar surface area (TPSA) is 80.9 Å². The lowest BCUT2D eigenvalue weighted by molar-refractivity contribution is -0.0769. The highest BCUT2D eigenvalue weighted by molar-refractivity contribution is 8.16. The van der Waals surface area contributed by atoms with Crippen molar-refractivity contribution < 1.29 is 20.4 Å². The lowest BCUT2D eigenvalue weighted by atomic mass is 10.1. The molecular formula is C10H22O4S2. The van der Waals surface area contributed by atoms with Crippen LogP contribution in [0, 0.1) is 0 Å². The molecule has 0 aromatic rings. The van der Waals surface area contributed by atoms with Crippen LogP contribution in [0.15, 0.2) is 0 Å². The average Bonchev–Trinajstić information content (AvgIpc) is 2.27. The van der Waals surface area contributed by atoms with E-state index in [0.717, 1.165) is 11.5 Å². The molecule has 0 spiro atoms. The summed E-state index contributed by atoms with van der Waals surface area (Å²) in [4.78, 5) is 0. The highest BCUT2D eigenvalue weighted by atomic mass is 32.2. The van der Waals surface area contributed by atoms with Gasteiger partial charge in [-0.05, 0) is 17.9 Å². The lowest BCUT2D eigenvalue weighted by Crippen LogP contribution is -2.40. The molecule has 0 saturated carbocycles. The van der Waals surface area contributed by atoms with E-state index in [1.165, 1.54) is 0 Å². The molecule has 4 N–H and O–H groups in total. The van der Waals surface area contributed by atoms with Crippen molar-refractivity contribution in [2.45, 2.75) is 43.2 Å². The van der Waals surface area contributed by atoms with Crippen LogP contribution < -0.4 is 0 Å². The first-order valence-electron chi connectivity index (χ1n) is 5.45. The van der Waals surface area contributed by atoms with E-state index < -0.39 is 24.9 Å². The van der Waals surface area contributed by atoms with Crippen molar-refractivity contribution in [1.82, 2.24) is 0 Å². The maximum absolute atomic E-state index is 9.70. The zero-order valence-corrected chi connectivity index (χ0v) is 11.4. The summed E-state index contributed by atoms with van der Waals surface area (Å²) in [6.45, 7) is 3.54. The summed E-state index contributed by atoms with van der Waals surface area (Å²) >= 11 is 3.43. The van der Waals surface area contributed by atoms with E-state index in [-0.39, 0.29) is 4.58 Å². The summed E-state index contributed by atoms with van der Waals surface area (Å²) in [5.74, 6) is 1.89. The average molecular weight is 270 g/mol. The second-order valence-corrected chi connectivity index (χ2v) is 6.64. The van der Waals surface area contributed by atoms with Crippen molar-refractivity contribution in [2.24, 2.45) is 0 Å². The fourth-order valence-electron chi connectivity index (χ4n) is 1.26. The van der Waals surface area contributed by atoms with Crippen LogP contribution in [0.5, 0.6) is 0 Å². The van der Waals surface area contributed by atoms with Crippen LogP contribution >= 0.6 is 23.5 Å². The molecule has 0 radical (unpaired) electrons. The predicted molar refractivity (Wildman–Crippen MR) is 69.8 cm³/mol. The van der Waals surface area contributed by atoms with E-state index in [0.29, 0.717) is 6.42 Å². The fourth-order valence-corrected chi connectivity index (χ4v) is 3.87.